The van der Waals surface area contributed by atoms with E-state index in [9.17, 15) is 27.0 Å². The third kappa shape index (κ3) is 12.0. The number of benzene rings is 2. The molecule has 0 bridgehead atoms. The molecule has 17 heteroatoms. The highest BCUT2D eigenvalue weighted by atomic mass is 19.2. The van der Waals surface area contributed by atoms with Crippen molar-refractivity contribution >= 4 is 42.5 Å². The van der Waals surface area contributed by atoms with Gasteiger partial charge in [0.25, 0.3) is 0 Å². The summed E-state index contributed by atoms with van der Waals surface area (Å²) in [5, 5.41) is 16.8. The summed E-state index contributed by atoms with van der Waals surface area (Å²) >= 11 is 0. The molecule has 0 radical (unpaired) electrons. The zero-order valence-electron chi connectivity index (χ0n) is 28.6. The van der Waals surface area contributed by atoms with Crippen LogP contribution >= 0.6 is 0 Å². The van der Waals surface area contributed by atoms with E-state index in [1.165, 1.54) is 18.2 Å². The van der Waals surface area contributed by atoms with Crippen LogP contribution in [0.25, 0.3) is 6.08 Å². The largest absolute Gasteiger partial charge is 0.934 e. The Balaban J connectivity index is 1.28. The lowest BCUT2D eigenvalue weighted by Gasteiger charge is -2.08. The van der Waals surface area contributed by atoms with Crippen LogP contribution in [-0.2, 0) is 37.3 Å². The summed E-state index contributed by atoms with van der Waals surface area (Å²) in [5.41, 5.74) is 1.73. The van der Waals surface area contributed by atoms with E-state index < -0.39 is 43.1 Å². The monoisotopic (exact) mass is 729 g/mol. The van der Waals surface area contributed by atoms with Gasteiger partial charge in [0.2, 0.25) is 5.75 Å². The molecule has 0 fully saturated rings. The Hall–Kier alpha value is -5.13. The number of ether oxygens (including phenoxy) is 5. The first-order chi connectivity index (χ1) is 25.0. The Labute approximate surface area is 297 Å². The van der Waals surface area contributed by atoms with Crippen LogP contribution < -0.4 is 9.47 Å². The molecule has 12 nitrogen and oxygen atoms in total. The highest BCUT2D eigenvalue weighted by molar-refractivity contribution is 6.35. The SMILES string of the molecule is COCCOCCOCCOc1ccc(N=Nc2cc(F)c(OC(=O)CCC3=[N+](B(F)F)/C(=C\c4ccc(CCC(=O)O)n4C)C=C3)c(F)c2)cc1. The van der Waals surface area contributed by atoms with Crippen LogP contribution in [0.4, 0.5) is 28.8 Å². The molecule has 1 aliphatic rings. The van der Waals surface area contributed by atoms with Crippen molar-refractivity contribution in [1.29, 1.82) is 0 Å². The first-order valence-electron chi connectivity index (χ1n) is 16.2. The Morgan fingerprint density at radius 3 is 2.17 bits per heavy atom. The molecule has 2 heterocycles. The van der Waals surface area contributed by atoms with Gasteiger partial charge in [-0.1, -0.05) is 0 Å². The number of hydrogen-bond acceptors (Lipinski definition) is 9. The van der Waals surface area contributed by atoms with Gasteiger partial charge in [0.1, 0.15) is 12.4 Å². The van der Waals surface area contributed by atoms with Crippen molar-refractivity contribution in [2.24, 2.45) is 17.3 Å². The number of allylic oxidation sites excluding steroid dienone is 2. The quantitative estimate of drug-likeness (QED) is 0.0330. The predicted octanol–water partition coefficient (Wildman–Crippen LogP) is 6.47. The third-order valence-electron chi connectivity index (χ3n) is 7.59. The number of carbonyl (C=O) groups excluding carboxylic acids is 1. The van der Waals surface area contributed by atoms with Crippen LogP contribution in [0.2, 0.25) is 0 Å². The summed E-state index contributed by atoms with van der Waals surface area (Å²) < 4.78 is 86.3. The molecule has 0 spiro atoms. The standard InChI is InChI=1S/C35H37BF4N4O8/c1-43-26(9-13-33(45)46)5-7-28(43)23-29-8-6-27(44(29)36(39)40)10-14-34(47)52-35-31(37)21-25(22-32(35)38)42-41-24-3-11-30(12-4-24)51-20-19-50-18-17-49-16-15-48-2/h3-8,11-12,21-23H,9-10,13-20H2,1-2H3/p+1. The van der Waals surface area contributed by atoms with Gasteiger partial charge in [-0.25, -0.2) is 21.9 Å². The molecule has 4 rings (SSSR count). The van der Waals surface area contributed by atoms with Crippen molar-refractivity contribution in [2.45, 2.75) is 25.7 Å². The normalized spacial score (nSPS) is 13.5. The summed E-state index contributed by atoms with van der Waals surface area (Å²) in [5.74, 6) is -4.78. The summed E-state index contributed by atoms with van der Waals surface area (Å²) in [6, 6.07) is 11.6. The van der Waals surface area contributed by atoms with Gasteiger partial charge in [-0.15, -0.1) is 0 Å². The minimum Gasteiger partial charge on any atom is -0.491 e. The first kappa shape index (κ1) is 39.7. The van der Waals surface area contributed by atoms with E-state index in [1.54, 1.807) is 55.1 Å². The molecular weight excluding hydrogens is 691 g/mol. The number of carbonyl (C=O) groups is 2. The smallest absolute Gasteiger partial charge is 0.491 e. The Morgan fingerprint density at radius 2 is 1.52 bits per heavy atom. The average molecular weight is 730 g/mol. The number of halogens is 4. The lowest BCUT2D eigenvalue weighted by molar-refractivity contribution is -0.342. The molecule has 0 saturated carbocycles. The van der Waals surface area contributed by atoms with Crippen LogP contribution in [0.1, 0.15) is 30.7 Å². The number of hydrogen-bond donors (Lipinski definition) is 1. The molecule has 0 aliphatic carbocycles. The van der Waals surface area contributed by atoms with Gasteiger partial charge in [0, 0.05) is 62.3 Å². The van der Waals surface area contributed by atoms with Crippen molar-refractivity contribution in [2.75, 3.05) is 46.8 Å². The number of carboxylic acid groups (broad SMARTS) is 1. The number of carboxylic acids is 1. The molecule has 1 aromatic heterocycles. The Morgan fingerprint density at radius 1 is 0.865 bits per heavy atom. The van der Waals surface area contributed by atoms with E-state index in [4.69, 9.17) is 28.8 Å². The number of esters is 1. The van der Waals surface area contributed by atoms with Crippen LogP contribution in [-0.4, -0.2) is 86.0 Å². The maximum absolute atomic E-state index is 14.8. The van der Waals surface area contributed by atoms with E-state index in [-0.39, 0.29) is 36.4 Å². The van der Waals surface area contributed by atoms with E-state index in [2.05, 4.69) is 10.2 Å². The molecule has 0 saturated heterocycles. The van der Waals surface area contributed by atoms with Crippen molar-refractivity contribution < 1.29 is 60.3 Å². The molecule has 1 N–H and O–H groups in total. The lowest BCUT2D eigenvalue weighted by Crippen LogP contribution is -2.25. The Bertz CT molecular complexity index is 1790. The molecule has 0 unspecified atom stereocenters. The highest BCUT2D eigenvalue weighted by Gasteiger charge is 2.41. The van der Waals surface area contributed by atoms with Gasteiger partial charge in [-0.3, -0.25) is 9.59 Å². The fourth-order valence-electron chi connectivity index (χ4n) is 4.92. The van der Waals surface area contributed by atoms with Gasteiger partial charge in [0.05, 0.1) is 57.3 Å². The van der Waals surface area contributed by atoms with Gasteiger partial charge in [-0.2, -0.15) is 10.2 Å². The van der Waals surface area contributed by atoms with Crippen LogP contribution in [0, 0.1) is 11.6 Å². The van der Waals surface area contributed by atoms with Crippen molar-refractivity contribution in [3.8, 4) is 11.5 Å². The zero-order valence-corrected chi connectivity index (χ0v) is 28.6. The number of methoxy groups -OCH3 is 1. The molecule has 276 valence electrons. The average Bonchev–Trinajstić information content (AvgIpc) is 3.69. The van der Waals surface area contributed by atoms with Gasteiger partial charge < -0.3 is 33.4 Å². The van der Waals surface area contributed by atoms with Gasteiger partial charge in [-0.05, 0) is 42.8 Å². The molecule has 52 heavy (non-hydrogen) atoms. The molecule has 0 amide bonds. The summed E-state index contributed by atoms with van der Waals surface area (Å²) in [7, 11) is 0.345. The van der Waals surface area contributed by atoms with E-state index in [0.29, 0.717) is 62.5 Å². The van der Waals surface area contributed by atoms with Crippen molar-refractivity contribution in [1.82, 2.24) is 4.57 Å². The van der Waals surface area contributed by atoms with Crippen LogP contribution in [0.3, 0.4) is 0 Å². The third-order valence-corrected chi connectivity index (χ3v) is 7.59. The number of nitrogens with zero attached hydrogens (tertiary/aromatic N) is 4. The number of azo groups is 1. The van der Waals surface area contributed by atoms with Crippen LogP contribution in [0.5, 0.6) is 11.5 Å². The summed E-state index contributed by atoms with van der Waals surface area (Å²) in [6.45, 7) is 2.57. The number of aliphatic carboxylic acids is 1. The summed E-state index contributed by atoms with van der Waals surface area (Å²) in [4.78, 5) is 23.4. The highest BCUT2D eigenvalue weighted by Crippen LogP contribution is 2.29. The number of aryl methyl sites for hydroxylation is 1. The molecular formula is C35H38BF4N4O8+. The second-order valence-corrected chi connectivity index (χ2v) is 11.2. The summed E-state index contributed by atoms with van der Waals surface area (Å²) in [6.07, 6.45) is 3.92. The minimum atomic E-state index is -2.95. The maximum atomic E-state index is 14.8. The van der Waals surface area contributed by atoms with E-state index in [1.807, 2.05) is 0 Å². The second kappa shape index (κ2) is 20.1. The molecule has 1 aliphatic heterocycles. The molecule has 3 aromatic rings. The van der Waals surface area contributed by atoms with E-state index in [0.717, 1.165) is 16.6 Å². The molecule has 2 aromatic carbocycles. The van der Waals surface area contributed by atoms with Crippen LogP contribution in [0.15, 0.2) is 76.6 Å². The zero-order chi connectivity index (χ0) is 37.5. The van der Waals surface area contributed by atoms with Crippen molar-refractivity contribution in [3.63, 3.8) is 0 Å². The lowest BCUT2D eigenvalue weighted by atomic mass is 10.1. The topological polar surface area (TPSA) is 133 Å². The fraction of sp³-hybridized carbons (Fsp3) is 0.343. The maximum Gasteiger partial charge on any atom is 0.934 e. The molecule has 0 atom stereocenters. The number of aromatic nitrogens is 1. The second-order valence-electron chi connectivity index (χ2n) is 11.2. The fourth-order valence-corrected chi connectivity index (χ4v) is 4.92. The van der Waals surface area contributed by atoms with Gasteiger partial charge in [0.15, 0.2) is 23.0 Å². The number of rotatable bonds is 21. The van der Waals surface area contributed by atoms with Crippen molar-refractivity contribution in [3.05, 3.63) is 89.4 Å². The van der Waals surface area contributed by atoms with Gasteiger partial charge >= 0.3 is 19.3 Å². The Kier molecular flexibility index (Phi) is 15.3. The first-order valence-corrected chi connectivity index (χ1v) is 16.2. The minimum absolute atomic E-state index is 0.0772. The van der Waals surface area contributed by atoms with E-state index >= 15 is 0 Å². The predicted molar refractivity (Wildman–Crippen MR) is 183 cm³/mol.